The highest BCUT2D eigenvalue weighted by Gasteiger charge is 2.18. The third-order valence-corrected chi connectivity index (χ3v) is 4.89. The highest BCUT2D eigenvalue weighted by atomic mass is 79.9. The molecule has 0 saturated heterocycles. The van der Waals surface area contributed by atoms with Crippen molar-refractivity contribution in [1.82, 2.24) is 0 Å². The zero-order valence-electron chi connectivity index (χ0n) is 10.2. The number of anilines is 2. The smallest absolute Gasteiger partial charge is 0.263 e. The van der Waals surface area contributed by atoms with Gasteiger partial charge in [-0.25, -0.2) is 8.42 Å². The van der Waals surface area contributed by atoms with Gasteiger partial charge in [0.2, 0.25) is 0 Å². The van der Waals surface area contributed by atoms with Crippen LogP contribution >= 0.6 is 15.9 Å². The number of nitrogens with zero attached hydrogens (tertiary/aromatic N) is 1. The molecular formula is C13H10BrN3O2S. The molecule has 0 spiro atoms. The van der Waals surface area contributed by atoms with Crippen LogP contribution in [0.15, 0.2) is 51.8 Å². The quantitative estimate of drug-likeness (QED) is 0.830. The SMILES string of the molecule is N#Cc1ccc(NS(=O)(=O)c2cc(N)ccc2Br)cc1. The second-order valence-electron chi connectivity index (χ2n) is 3.98. The Balaban J connectivity index is 2.35. The molecule has 0 bridgehead atoms. The van der Waals surface area contributed by atoms with Gasteiger partial charge in [-0.1, -0.05) is 0 Å². The average molecular weight is 352 g/mol. The van der Waals surface area contributed by atoms with Gasteiger partial charge in [0, 0.05) is 15.8 Å². The van der Waals surface area contributed by atoms with Gasteiger partial charge < -0.3 is 5.73 Å². The van der Waals surface area contributed by atoms with Crippen molar-refractivity contribution in [2.75, 3.05) is 10.5 Å². The number of hydrogen-bond donors (Lipinski definition) is 2. The Kier molecular flexibility index (Phi) is 3.97. The van der Waals surface area contributed by atoms with E-state index in [4.69, 9.17) is 11.0 Å². The first-order valence-corrected chi connectivity index (χ1v) is 7.78. The fourth-order valence-electron chi connectivity index (χ4n) is 1.55. The van der Waals surface area contributed by atoms with Crippen molar-refractivity contribution >= 4 is 37.3 Å². The number of nitrogens with two attached hydrogens (primary N) is 1. The zero-order valence-corrected chi connectivity index (χ0v) is 12.6. The molecule has 0 aliphatic rings. The first kappa shape index (κ1) is 14.4. The molecule has 2 rings (SSSR count). The molecule has 3 N–H and O–H groups in total. The molecule has 2 aromatic carbocycles. The van der Waals surface area contributed by atoms with Crippen LogP contribution in [0, 0.1) is 11.3 Å². The molecule has 0 unspecified atom stereocenters. The van der Waals surface area contributed by atoms with Crippen LogP contribution < -0.4 is 10.5 Å². The molecule has 0 radical (unpaired) electrons. The Morgan fingerprint density at radius 1 is 1.15 bits per heavy atom. The second-order valence-corrected chi connectivity index (χ2v) is 6.49. The summed E-state index contributed by atoms with van der Waals surface area (Å²) in [7, 11) is -3.75. The third-order valence-electron chi connectivity index (χ3n) is 2.51. The number of sulfonamides is 1. The van der Waals surface area contributed by atoms with Gasteiger partial charge in [0.15, 0.2) is 0 Å². The summed E-state index contributed by atoms with van der Waals surface area (Å²) in [5, 5.41) is 8.70. The molecular weight excluding hydrogens is 342 g/mol. The van der Waals surface area contributed by atoms with E-state index in [0.717, 1.165) is 0 Å². The Hall–Kier alpha value is -2.04. The molecule has 5 nitrogen and oxygen atoms in total. The number of nitrogens with one attached hydrogen (secondary N) is 1. The van der Waals surface area contributed by atoms with Crippen molar-refractivity contribution in [3.05, 3.63) is 52.5 Å². The van der Waals surface area contributed by atoms with E-state index in [9.17, 15) is 8.42 Å². The highest BCUT2D eigenvalue weighted by Crippen LogP contribution is 2.26. The lowest BCUT2D eigenvalue weighted by Crippen LogP contribution is -2.13. The maximum atomic E-state index is 12.3. The van der Waals surface area contributed by atoms with Crippen molar-refractivity contribution in [2.24, 2.45) is 0 Å². The molecule has 2 aromatic rings. The number of halogens is 1. The average Bonchev–Trinajstić information content (AvgIpc) is 2.42. The Bertz CT molecular complexity index is 780. The minimum Gasteiger partial charge on any atom is -0.399 e. The minimum atomic E-state index is -3.75. The van der Waals surface area contributed by atoms with Gasteiger partial charge in [0.1, 0.15) is 4.90 Å². The fraction of sp³-hybridized carbons (Fsp3) is 0. The van der Waals surface area contributed by atoms with Gasteiger partial charge in [-0.15, -0.1) is 0 Å². The number of nitrogen functional groups attached to an aromatic ring is 1. The van der Waals surface area contributed by atoms with Crippen molar-refractivity contribution in [3.63, 3.8) is 0 Å². The van der Waals surface area contributed by atoms with Gasteiger partial charge >= 0.3 is 0 Å². The molecule has 0 atom stereocenters. The topological polar surface area (TPSA) is 96.0 Å². The monoisotopic (exact) mass is 351 g/mol. The van der Waals surface area contributed by atoms with Crippen molar-refractivity contribution in [1.29, 1.82) is 5.26 Å². The van der Waals surface area contributed by atoms with Crippen molar-refractivity contribution in [3.8, 4) is 6.07 Å². The fourth-order valence-corrected chi connectivity index (χ4v) is 3.61. The molecule has 0 amide bonds. The molecule has 7 heteroatoms. The van der Waals surface area contributed by atoms with Crippen molar-refractivity contribution < 1.29 is 8.42 Å². The predicted octanol–water partition coefficient (Wildman–Crippen LogP) is 2.70. The number of hydrogen-bond acceptors (Lipinski definition) is 4. The third kappa shape index (κ3) is 3.10. The summed E-state index contributed by atoms with van der Waals surface area (Å²) in [6.45, 7) is 0. The zero-order chi connectivity index (χ0) is 14.8. The summed E-state index contributed by atoms with van der Waals surface area (Å²) in [4.78, 5) is 0.0573. The van der Waals surface area contributed by atoms with Crippen LogP contribution in [0.4, 0.5) is 11.4 Å². The molecule has 0 saturated carbocycles. The van der Waals surface area contributed by atoms with E-state index in [2.05, 4.69) is 20.7 Å². The van der Waals surface area contributed by atoms with Crippen LogP contribution in [0.25, 0.3) is 0 Å². The summed E-state index contributed by atoms with van der Waals surface area (Å²) in [6.07, 6.45) is 0. The van der Waals surface area contributed by atoms with Crippen molar-refractivity contribution in [2.45, 2.75) is 4.90 Å². The minimum absolute atomic E-state index is 0.0573. The molecule has 102 valence electrons. The molecule has 20 heavy (non-hydrogen) atoms. The standard InChI is InChI=1S/C13H10BrN3O2S/c14-12-6-3-10(16)7-13(12)20(18,19)17-11-4-1-9(8-15)2-5-11/h1-7,17H,16H2. The highest BCUT2D eigenvalue weighted by molar-refractivity contribution is 9.10. The lowest BCUT2D eigenvalue weighted by Gasteiger charge is -2.10. The Morgan fingerprint density at radius 3 is 2.40 bits per heavy atom. The van der Waals surface area contributed by atoms with Crippen LogP contribution in [-0.2, 0) is 10.0 Å². The van der Waals surface area contributed by atoms with E-state index in [1.54, 1.807) is 12.1 Å². The van der Waals surface area contributed by atoms with E-state index in [-0.39, 0.29) is 4.90 Å². The lowest BCUT2D eigenvalue weighted by molar-refractivity contribution is 0.601. The maximum absolute atomic E-state index is 12.3. The van der Waals surface area contributed by atoms with Crippen LogP contribution in [0.3, 0.4) is 0 Å². The predicted molar refractivity (Wildman–Crippen MR) is 80.5 cm³/mol. The first-order chi connectivity index (χ1) is 9.42. The Labute approximate surface area is 125 Å². The number of nitriles is 1. The summed E-state index contributed by atoms with van der Waals surface area (Å²) >= 11 is 3.18. The summed E-state index contributed by atoms with van der Waals surface area (Å²) in [6, 6.07) is 12.6. The molecule has 0 aromatic heterocycles. The summed E-state index contributed by atoms with van der Waals surface area (Å²) < 4.78 is 27.4. The lowest BCUT2D eigenvalue weighted by atomic mass is 10.2. The first-order valence-electron chi connectivity index (χ1n) is 5.50. The maximum Gasteiger partial charge on any atom is 0.263 e. The van der Waals surface area contributed by atoms with E-state index in [0.29, 0.717) is 21.4 Å². The van der Waals surface area contributed by atoms with E-state index in [1.165, 1.54) is 30.3 Å². The molecule has 0 aliphatic carbocycles. The van der Waals surface area contributed by atoms with Gasteiger partial charge in [-0.05, 0) is 58.4 Å². The van der Waals surface area contributed by atoms with Crippen LogP contribution in [0.2, 0.25) is 0 Å². The van der Waals surface area contributed by atoms with Gasteiger partial charge in [-0.2, -0.15) is 5.26 Å². The van der Waals surface area contributed by atoms with Gasteiger partial charge in [-0.3, -0.25) is 4.72 Å². The molecule has 0 heterocycles. The number of rotatable bonds is 3. The van der Waals surface area contributed by atoms with Crippen LogP contribution in [-0.4, -0.2) is 8.42 Å². The summed E-state index contributed by atoms with van der Waals surface area (Å²) in [5.74, 6) is 0. The van der Waals surface area contributed by atoms with E-state index < -0.39 is 10.0 Å². The number of benzene rings is 2. The second kappa shape index (κ2) is 5.53. The van der Waals surface area contributed by atoms with E-state index in [1.807, 2.05) is 6.07 Å². The molecule has 0 aliphatic heterocycles. The summed E-state index contributed by atoms with van der Waals surface area (Å²) in [5.41, 5.74) is 6.79. The Morgan fingerprint density at radius 2 is 1.80 bits per heavy atom. The van der Waals surface area contributed by atoms with Gasteiger partial charge in [0.25, 0.3) is 10.0 Å². The van der Waals surface area contributed by atoms with Gasteiger partial charge in [0.05, 0.1) is 11.6 Å². The molecule has 0 fully saturated rings. The van der Waals surface area contributed by atoms with E-state index >= 15 is 0 Å². The van der Waals surface area contributed by atoms with Crippen LogP contribution in [0.5, 0.6) is 0 Å². The van der Waals surface area contributed by atoms with Crippen LogP contribution in [0.1, 0.15) is 5.56 Å². The largest absolute Gasteiger partial charge is 0.399 e. The normalized spacial score (nSPS) is 10.8.